The van der Waals surface area contributed by atoms with Gasteiger partial charge in [-0.1, -0.05) is 20.8 Å². The Labute approximate surface area is 91.3 Å². The van der Waals surface area contributed by atoms with Crippen LogP contribution in [0.25, 0.3) is 0 Å². The fraction of sp³-hybridized carbons (Fsp3) is 0.462. The number of hydrogen-bond donors (Lipinski definition) is 0. The third-order valence-electron chi connectivity index (χ3n) is 2.45. The highest BCUT2D eigenvalue weighted by atomic mass is 16.5. The molecule has 82 valence electrons. The zero-order valence-electron chi connectivity index (χ0n) is 10.0. The van der Waals surface area contributed by atoms with Gasteiger partial charge in [-0.3, -0.25) is 4.79 Å². The first-order valence-electron chi connectivity index (χ1n) is 5.04. The molecule has 0 aromatic heterocycles. The van der Waals surface area contributed by atoms with Crippen molar-refractivity contribution in [3.8, 4) is 5.75 Å². The van der Waals surface area contributed by atoms with E-state index >= 15 is 0 Å². The van der Waals surface area contributed by atoms with Crippen molar-refractivity contribution in [2.45, 2.75) is 33.1 Å². The summed E-state index contributed by atoms with van der Waals surface area (Å²) in [6.45, 7) is 8.29. The van der Waals surface area contributed by atoms with Gasteiger partial charge in [-0.2, -0.15) is 0 Å². The van der Waals surface area contributed by atoms with Crippen molar-refractivity contribution < 1.29 is 9.53 Å². The average molecular weight is 206 g/mol. The van der Waals surface area contributed by atoms with Crippen molar-refractivity contribution in [1.29, 1.82) is 0 Å². The number of aryl methyl sites for hydroxylation is 1. The monoisotopic (exact) mass is 206 g/mol. The van der Waals surface area contributed by atoms with Crippen molar-refractivity contribution in [3.05, 3.63) is 28.8 Å². The molecule has 15 heavy (non-hydrogen) atoms. The quantitative estimate of drug-likeness (QED) is 0.695. The Morgan fingerprint density at radius 3 is 2.27 bits per heavy atom. The summed E-state index contributed by atoms with van der Waals surface area (Å²) in [5, 5.41) is 0. The predicted molar refractivity (Wildman–Crippen MR) is 61.8 cm³/mol. The van der Waals surface area contributed by atoms with Crippen LogP contribution in [0.2, 0.25) is 0 Å². The highest BCUT2D eigenvalue weighted by molar-refractivity contribution is 5.76. The minimum atomic E-state index is -0.0187. The number of rotatable bonds is 2. The van der Waals surface area contributed by atoms with Crippen molar-refractivity contribution in [2.24, 2.45) is 0 Å². The molecule has 0 aliphatic carbocycles. The molecular weight excluding hydrogens is 188 g/mol. The summed E-state index contributed by atoms with van der Waals surface area (Å²) in [6.07, 6.45) is 0.877. The fourth-order valence-corrected chi connectivity index (χ4v) is 1.70. The molecule has 1 aromatic rings. The fourth-order valence-electron chi connectivity index (χ4n) is 1.70. The number of benzene rings is 1. The third-order valence-corrected chi connectivity index (χ3v) is 2.45. The predicted octanol–water partition coefficient (Wildman–Crippen LogP) is 3.11. The Bertz CT molecular complexity index is 373. The molecule has 2 nitrogen and oxygen atoms in total. The molecule has 1 aromatic carbocycles. The Morgan fingerprint density at radius 2 is 1.87 bits per heavy atom. The Balaban J connectivity index is 3.45. The van der Waals surface area contributed by atoms with Crippen LogP contribution >= 0.6 is 0 Å². The largest absolute Gasteiger partial charge is 0.496 e. The van der Waals surface area contributed by atoms with E-state index in [0.29, 0.717) is 5.56 Å². The first-order valence-corrected chi connectivity index (χ1v) is 5.04. The second-order valence-electron chi connectivity index (χ2n) is 4.79. The van der Waals surface area contributed by atoms with E-state index in [1.807, 2.05) is 19.1 Å². The number of methoxy groups -OCH3 is 1. The van der Waals surface area contributed by atoms with Gasteiger partial charge in [0.15, 0.2) is 0 Å². The minimum absolute atomic E-state index is 0.0187. The second-order valence-corrected chi connectivity index (χ2v) is 4.79. The molecule has 0 radical (unpaired) electrons. The molecule has 0 atom stereocenters. The normalized spacial score (nSPS) is 11.3. The number of ether oxygens (including phenoxy) is 1. The van der Waals surface area contributed by atoms with E-state index in [2.05, 4.69) is 20.8 Å². The Morgan fingerprint density at radius 1 is 1.27 bits per heavy atom. The standard InChI is InChI=1S/C13H18O2/c1-9-6-10(8-14)7-11(12(9)15-5)13(2,3)4/h6-8H,1-5H3. The van der Waals surface area contributed by atoms with Gasteiger partial charge in [-0.15, -0.1) is 0 Å². The number of carbonyl (C=O) groups is 1. The van der Waals surface area contributed by atoms with Gasteiger partial charge in [0.05, 0.1) is 7.11 Å². The van der Waals surface area contributed by atoms with Crippen LogP contribution in [0.15, 0.2) is 12.1 Å². The highest BCUT2D eigenvalue weighted by Crippen LogP contribution is 2.34. The lowest BCUT2D eigenvalue weighted by atomic mass is 9.84. The lowest BCUT2D eigenvalue weighted by molar-refractivity contribution is 0.112. The number of hydrogen-bond acceptors (Lipinski definition) is 2. The van der Waals surface area contributed by atoms with Gasteiger partial charge in [-0.05, 0) is 30.0 Å². The van der Waals surface area contributed by atoms with Gasteiger partial charge >= 0.3 is 0 Å². The lowest BCUT2D eigenvalue weighted by Gasteiger charge is -2.23. The van der Waals surface area contributed by atoms with Crippen molar-refractivity contribution in [2.75, 3.05) is 7.11 Å². The third kappa shape index (κ3) is 2.38. The second kappa shape index (κ2) is 4.05. The molecule has 0 saturated carbocycles. The van der Waals surface area contributed by atoms with Crippen LogP contribution in [0.3, 0.4) is 0 Å². The van der Waals surface area contributed by atoms with Gasteiger partial charge in [0, 0.05) is 11.1 Å². The smallest absolute Gasteiger partial charge is 0.150 e. The van der Waals surface area contributed by atoms with E-state index in [1.54, 1.807) is 7.11 Å². The molecule has 0 aliphatic rings. The Kier molecular flexibility index (Phi) is 3.18. The summed E-state index contributed by atoms with van der Waals surface area (Å²) in [5.41, 5.74) is 2.77. The molecule has 0 fully saturated rings. The first kappa shape index (κ1) is 11.8. The van der Waals surface area contributed by atoms with E-state index in [9.17, 15) is 4.79 Å². The van der Waals surface area contributed by atoms with E-state index in [-0.39, 0.29) is 5.41 Å². The average Bonchev–Trinajstić information content (AvgIpc) is 2.15. The summed E-state index contributed by atoms with van der Waals surface area (Å²) in [5.74, 6) is 0.883. The van der Waals surface area contributed by atoms with Crippen LogP contribution in [0, 0.1) is 6.92 Å². The molecule has 0 N–H and O–H groups in total. The summed E-state index contributed by atoms with van der Waals surface area (Å²) in [4.78, 5) is 10.8. The van der Waals surface area contributed by atoms with Crippen LogP contribution in [0.5, 0.6) is 5.75 Å². The van der Waals surface area contributed by atoms with Crippen LogP contribution in [0.4, 0.5) is 0 Å². The Hall–Kier alpha value is -1.31. The molecule has 0 heterocycles. The van der Waals surface area contributed by atoms with Crippen LogP contribution in [-0.4, -0.2) is 13.4 Å². The maximum atomic E-state index is 10.8. The maximum absolute atomic E-state index is 10.8. The molecule has 0 aliphatic heterocycles. The van der Waals surface area contributed by atoms with Gasteiger partial charge in [0.25, 0.3) is 0 Å². The number of aldehydes is 1. The zero-order valence-corrected chi connectivity index (χ0v) is 10.0. The van der Waals surface area contributed by atoms with Crippen molar-refractivity contribution >= 4 is 6.29 Å². The lowest BCUT2D eigenvalue weighted by Crippen LogP contribution is -2.14. The van der Waals surface area contributed by atoms with Gasteiger partial charge in [0.2, 0.25) is 0 Å². The van der Waals surface area contributed by atoms with E-state index in [4.69, 9.17) is 4.74 Å². The molecule has 0 bridgehead atoms. The first-order chi connectivity index (χ1) is 6.90. The van der Waals surface area contributed by atoms with Gasteiger partial charge in [-0.25, -0.2) is 0 Å². The zero-order chi connectivity index (χ0) is 11.6. The van der Waals surface area contributed by atoms with E-state index < -0.39 is 0 Å². The summed E-state index contributed by atoms with van der Waals surface area (Å²) in [6, 6.07) is 3.75. The molecule has 2 heteroatoms. The summed E-state index contributed by atoms with van der Waals surface area (Å²) >= 11 is 0. The topological polar surface area (TPSA) is 26.3 Å². The molecule has 0 unspecified atom stereocenters. The molecule has 0 saturated heterocycles. The van der Waals surface area contributed by atoms with Crippen molar-refractivity contribution in [1.82, 2.24) is 0 Å². The van der Waals surface area contributed by atoms with Crippen LogP contribution in [-0.2, 0) is 5.41 Å². The summed E-state index contributed by atoms with van der Waals surface area (Å²) in [7, 11) is 1.66. The molecule has 0 amide bonds. The van der Waals surface area contributed by atoms with Crippen molar-refractivity contribution in [3.63, 3.8) is 0 Å². The van der Waals surface area contributed by atoms with Gasteiger partial charge < -0.3 is 4.74 Å². The van der Waals surface area contributed by atoms with Gasteiger partial charge in [0.1, 0.15) is 12.0 Å². The molecular formula is C13H18O2. The number of carbonyl (C=O) groups excluding carboxylic acids is 1. The van der Waals surface area contributed by atoms with E-state index in [0.717, 1.165) is 23.2 Å². The van der Waals surface area contributed by atoms with Crippen LogP contribution in [0.1, 0.15) is 42.3 Å². The SMILES string of the molecule is COc1c(C)cc(C=O)cc1C(C)(C)C. The molecule has 1 rings (SSSR count). The molecule has 0 spiro atoms. The van der Waals surface area contributed by atoms with Crippen LogP contribution < -0.4 is 4.74 Å². The summed E-state index contributed by atoms with van der Waals surface area (Å²) < 4.78 is 5.39. The highest BCUT2D eigenvalue weighted by Gasteiger charge is 2.20. The minimum Gasteiger partial charge on any atom is -0.496 e. The maximum Gasteiger partial charge on any atom is 0.150 e. The van der Waals surface area contributed by atoms with E-state index in [1.165, 1.54) is 0 Å².